The van der Waals surface area contributed by atoms with Gasteiger partial charge in [0.1, 0.15) is 6.10 Å². The molecular weight excluding hydrogens is 234 g/mol. The van der Waals surface area contributed by atoms with Gasteiger partial charge in [0.15, 0.2) is 5.78 Å². The standard InChI is InChI=1S/C13H11NO4/c1-2-10(15)11(16)7-14-12(17)8-5-3-4-6-9(8)13(14)18/h2-6,11,16H,1,7H2. The third-order valence-electron chi connectivity index (χ3n) is 2.76. The predicted octanol–water partition coefficient (Wildman–Crippen LogP) is 0.399. The number of amides is 2. The van der Waals surface area contributed by atoms with Gasteiger partial charge in [-0.2, -0.15) is 0 Å². The van der Waals surface area contributed by atoms with Crippen LogP contribution in [0.25, 0.3) is 0 Å². The van der Waals surface area contributed by atoms with E-state index >= 15 is 0 Å². The number of fused-ring (bicyclic) bond motifs is 1. The van der Waals surface area contributed by atoms with Crippen LogP contribution in [-0.4, -0.2) is 40.3 Å². The van der Waals surface area contributed by atoms with Crippen molar-refractivity contribution < 1.29 is 19.5 Å². The van der Waals surface area contributed by atoms with E-state index in [9.17, 15) is 19.5 Å². The van der Waals surface area contributed by atoms with Crippen LogP contribution in [0.1, 0.15) is 20.7 Å². The molecule has 0 aromatic heterocycles. The van der Waals surface area contributed by atoms with Crippen LogP contribution in [0.3, 0.4) is 0 Å². The van der Waals surface area contributed by atoms with E-state index in [1.807, 2.05) is 0 Å². The Hall–Kier alpha value is -2.27. The van der Waals surface area contributed by atoms with Crippen molar-refractivity contribution in [1.82, 2.24) is 4.90 Å². The fourth-order valence-electron chi connectivity index (χ4n) is 1.80. The molecule has 0 saturated heterocycles. The summed E-state index contributed by atoms with van der Waals surface area (Å²) in [5.74, 6) is -1.61. The van der Waals surface area contributed by atoms with Crippen LogP contribution >= 0.6 is 0 Å². The topological polar surface area (TPSA) is 74.7 Å². The Morgan fingerprint density at radius 1 is 1.28 bits per heavy atom. The first-order valence-electron chi connectivity index (χ1n) is 5.36. The van der Waals surface area contributed by atoms with Crippen LogP contribution in [0.4, 0.5) is 0 Å². The molecule has 1 heterocycles. The van der Waals surface area contributed by atoms with Crippen LogP contribution in [0.15, 0.2) is 36.9 Å². The lowest BCUT2D eigenvalue weighted by Gasteiger charge is -2.16. The molecule has 0 radical (unpaired) electrons. The van der Waals surface area contributed by atoms with E-state index in [4.69, 9.17) is 0 Å². The van der Waals surface area contributed by atoms with Crippen LogP contribution in [0.2, 0.25) is 0 Å². The molecule has 18 heavy (non-hydrogen) atoms. The zero-order chi connectivity index (χ0) is 13.3. The van der Waals surface area contributed by atoms with E-state index in [1.165, 1.54) is 12.1 Å². The second-order valence-electron chi connectivity index (χ2n) is 3.89. The fourth-order valence-corrected chi connectivity index (χ4v) is 1.80. The lowest BCUT2D eigenvalue weighted by molar-refractivity contribution is -0.122. The minimum atomic E-state index is -1.43. The maximum absolute atomic E-state index is 11.9. The van der Waals surface area contributed by atoms with E-state index < -0.39 is 23.7 Å². The molecule has 2 rings (SSSR count). The highest BCUT2D eigenvalue weighted by Crippen LogP contribution is 2.22. The molecule has 1 unspecified atom stereocenters. The predicted molar refractivity (Wildman–Crippen MR) is 63.0 cm³/mol. The summed E-state index contributed by atoms with van der Waals surface area (Å²) in [6.45, 7) is 2.89. The zero-order valence-electron chi connectivity index (χ0n) is 9.50. The molecule has 0 aliphatic carbocycles. The second kappa shape index (κ2) is 4.54. The molecule has 5 nitrogen and oxygen atoms in total. The number of rotatable bonds is 4. The summed E-state index contributed by atoms with van der Waals surface area (Å²) in [6.07, 6.45) is -0.465. The number of nitrogens with zero attached hydrogens (tertiary/aromatic N) is 1. The van der Waals surface area contributed by atoms with Crippen molar-refractivity contribution in [3.63, 3.8) is 0 Å². The number of ketones is 1. The Kier molecular flexibility index (Phi) is 3.08. The van der Waals surface area contributed by atoms with Crippen molar-refractivity contribution in [3.8, 4) is 0 Å². The molecule has 1 aliphatic rings. The Morgan fingerprint density at radius 2 is 1.78 bits per heavy atom. The molecule has 92 valence electrons. The van der Waals surface area contributed by atoms with Crippen molar-refractivity contribution in [3.05, 3.63) is 48.0 Å². The fraction of sp³-hybridized carbons (Fsp3) is 0.154. The van der Waals surface area contributed by atoms with E-state index in [0.29, 0.717) is 11.1 Å². The molecular formula is C13H11NO4. The maximum Gasteiger partial charge on any atom is 0.261 e. The zero-order valence-corrected chi connectivity index (χ0v) is 9.50. The van der Waals surface area contributed by atoms with Crippen molar-refractivity contribution in [2.24, 2.45) is 0 Å². The first-order valence-corrected chi connectivity index (χ1v) is 5.36. The Balaban J connectivity index is 2.24. The molecule has 0 saturated carbocycles. The number of hydrogen-bond acceptors (Lipinski definition) is 4. The SMILES string of the molecule is C=CC(=O)C(O)CN1C(=O)c2ccccc2C1=O. The Bertz CT molecular complexity index is 515. The van der Waals surface area contributed by atoms with Gasteiger partial charge in [-0.05, 0) is 18.2 Å². The van der Waals surface area contributed by atoms with Crippen LogP contribution in [0, 0.1) is 0 Å². The van der Waals surface area contributed by atoms with Gasteiger partial charge < -0.3 is 5.11 Å². The highest BCUT2D eigenvalue weighted by Gasteiger charge is 2.36. The number of benzene rings is 1. The summed E-state index contributed by atoms with van der Waals surface area (Å²) < 4.78 is 0. The van der Waals surface area contributed by atoms with Gasteiger partial charge in [-0.3, -0.25) is 19.3 Å². The average Bonchev–Trinajstić information content (AvgIpc) is 2.63. The van der Waals surface area contributed by atoms with Gasteiger partial charge in [0.2, 0.25) is 0 Å². The molecule has 0 fully saturated rings. The first kappa shape index (κ1) is 12.2. The van der Waals surface area contributed by atoms with Gasteiger partial charge in [0, 0.05) is 0 Å². The monoisotopic (exact) mass is 245 g/mol. The number of carbonyl (C=O) groups is 3. The number of aliphatic hydroxyl groups is 1. The number of carbonyl (C=O) groups excluding carboxylic acids is 3. The second-order valence-corrected chi connectivity index (χ2v) is 3.89. The van der Waals surface area contributed by atoms with Crippen molar-refractivity contribution in [2.75, 3.05) is 6.54 Å². The molecule has 2 amide bonds. The van der Waals surface area contributed by atoms with Gasteiger partial charge in [-0.25, -0.2) is 0 Å². The van der Waals surface area contributed by atoms with Gasteiger partial charge in [0.25, 0.3) is 11.8 Å². The maximum atomic E-state index is 11.9. The van der Waals surface area contributed by atoms with Crippen molar-refractivity contribution in [1.29, 1.82) is 0 Å². The lowest BCUT2D eigenvalue weighted by atomic mass is 10.1. The summed E-state index contributed by atoms with van der Waals surface area (Å²) in [4.78, 5) is 35.9. The largest absolute Gasteiger partial charge is 0.383 e. The van der Waals surface area contributed by atoms with Gasteiger partial charge >= 0.3 is 0 Å². The van der Waals surface area contributed by atoms with Gasteiger partial charge in [-0.15, -0.1) is 0 Å². The van der Waals surface area contributed by atoms with Gasteiger partial charge in [0.05, 0.1) is 17.7 Å². The van der Waals surface area contributed by atoms with Crippen molar-refractivity contribution in [2.45, 2.75) is 6.10 Å². The van der Waals surface area contributed by atoms with Gasteiger partial charge in [-0.1, -0.05) is 18.7 Å². The van der Waals surface area contributed by atoms with Crippen molar-refractivity contribution >= 4 is 17.6 Å². The number of imide groups is 1. The third-order valence-corrected chi connectivity index (χ3v) is 2.76. The van der Waals surface area contributed by atoms with E-state index in [-0.39, 0.29) is 6.54 Å². The molecule has 5 heteroatoms. The quantitative estimate of drug-likeness (QED) is 0.615. The summed E-state index contributed by atoms with van der Waals surface area (Å²) >= 11 is 0. The highest BCUT2D eigenvalue weighted by molar-refractivity contribution is 6.21. The summed E-state index contributed by atoms with van der Waals surface area (Å²) in [5.41, 5.74) is 0.585. The lowest BCUT2D eigenvalue weighted by Crippen LogP contribution is -2.39. The van der Waals surface area contributed by atoms with E-state index in [2.05, 4.69) is 6.58 Å². The Morgan fingerprint density at radius 3 is 2.22 bits per heavy atom. The molecule has 1 aliphatic heterocycles. The minimum Gasteiger partial charge on any atom is -0.383 e. The Labute approximate surface area is 103 Å². The average molecular weight is 245 g/mol. The summed E-state index contributed by atoms with van der Waals surface area (Å²) in [7, 11) is 0. The number of hydrogen-bond donors (Lipinski definition) is 1. The summed E-state index contributed by atoms with van der Waals surface area (Å²) in [5, 5.41) is 9.53. The minimum absolute atomic E-state index is 0.292. The van der Waals surface area contributed by atoms with Crippen LogP contribution < -0.4 is 0 Å². The van der Waals surface area contributed by atoms with E-state index in [1.54, 1.807) is 12.1 Å². The molecule has 1 atom stereocenters. The normalized spacial score (nSPS) is 15.5. The summed E-state index contributed by atoms with van der Waals surface area (Å²) in [6, 6.07) is 6.38. The van der Waals surface area contributed by atoms with Crippen LogP contribution in [-0.2, 0) is 4.79 Å². The number of β-amino-alcohol motifs (C(OH)–C–C–N with tert-alkyl or cyclic N) is 1. The highest BCUT2D eigenvalue weighted by atomic mass is 16.3. The molecule has 0 bridgehead atoms. The molecule has 1 N–H and O–H groups in total. The smallest absolute Gasteiger partial charge is 0.261 e. The first-order chi connectivity index (χ1) is 8.56. The molecule has 1 aromatic carbocycles. The third kappa shape index (κ3) is 1.84. The van der Waals surface area contributed by atoms with Crippen LogP contribution in [0.5, 0.6) is 0 Å². The molecule has 1 aromatic rings. The number of aliphatic hydroxyl groups excluding tert-OH is 1. The molecule has 0 spiro atoms. The van der Waals surface area contributed by atoms with E-state index in [0.717, 1.165) is 11.0 Å².